The molecule has 1 heterocycles. The zero-order valence-electron chi connectivity index (χ0n) is 12.9. The second kappa shape index (κ2) is 9.81. The van der Waals surface area contributed by atoms with E-state index in [0.29, 0.717) is 4.47 Å². The van der Waals surface area contributed by atoms with Gasteiger partial charge in [0, 0.05) is 37.8 Å². The van der Waals surface area contributed by atoms with Crippen molar-refractivity contribution in [2.45, 2.75) is 38.6 Å². The van der Waals surface area contributed by atoms with Crippen molar-refractivity contribution in [2.75, 3.05) is 26.2 Å². The molecule has 22 heavy (non-hydrogen) atoms. The van der Waals surface area contributed by atoms with Crippen LogP contribution in [0.25, 0.3) is 0 Å². The summed E-state index contributed by atoms with van der Waals surface area (Å²) in [7, 11) is 0. The van der Waals surface area contributed by atoms with E-state index in [0.717, 1.165) is 51.9 Å². The minimum absolute atomic E-state index is 0. The first kappa shape index (κ1) is 19.8. The van der Waals surface area contributed by atoms with Gasteiger partial charge in [-0.2, -0.15) is 0 Å². The van der Waals surface area contributed by atoms with Gasteiger partial charge in [0.15, 0.2) is 0 Å². The van der Waals surface area contributed by atoms with Gasteiger partial charge in [-0.3, -0.25) is 4.90 Å². The highest BCUT2D eigenvalue weighted by Crippen LogP contribution is 2.33. The number of unbranched alkanes of at least 4 members (excludes halogenated alkanes) is 2. The van der Waals surface area contributed by atoms with Crippen LogP contribution in [0.2, 0.25) is 0 Å². The van der Waals surface area contributed by atoms with Crippen molar-refractivity contribution in [1.29, 1.82) is 0 Å². The lowest BCUT2D eigenvalue weighted by Gasteiger charge is -2.35. The Balaban J connectivity index is 0.00000242. The highest BCUT2D eigenvalue weighted by molar-refractivity contribution is 9.10. The lowest BCUT2D eigenvalue weighted by atomic mass is 9.97. The number of nitrogens with zero attached hydrogens (tertiary/aromatic N) is 1. The van der Waals surface area contributed by atoms with Crippen molar-refractivity contribution in [1.82, 2.24) is 10.2 Å². The molecule has 0 spiro atoms. The average Bonchev–Trinajstić information content (AvgIpc) is 2.51. The summed E-state index contributed by atoms with van der Waals surface area (Å²) in [5.41, 5.74) is 0.224. The smallest absolute Gasteiger partial charge is 0.145 e. The molecule has 0 bridgehead atoms. The Labute approximate surface area is 146 Å². The van der Waals surface area contributed by atoms with Gasteiger partial charge in [-0.15, -0.1) is 12.4 Å². The molecule has 0 amide bonds. The summed E-state index contributed by atoms with van der Waals surface area (Å²) in [5, 5.41) is 3.29. The van der Waals surface area contributed by atoms with Gasteiger partial charge in [0.05, 0.1) is 4.47 Å². The van der Waals surface area contributed by atoms with Crippen LogP contribution in [0.5, 0.6) is 0 Å². The average molecular weight is 398 g/mol. The van der Waals surface area contributed by atoms with Crippen molar-refractivity contribution in [3.63, 3.8) is 0 Å². The molecule has 1 aromatic rings. The molecule has 2 nitrogen and oxygen atoms in total. The zero-order chi connectivity index (χ0) is 15.2. The Kier molecular flexibility index (Phi) is 8.83. The molecule has 0 aromatic heterocycles. The zero-order valence-corrected chi connectivity index (χ0v) is 15.3. The molecule has 0 unspecified atom stereocenters. The Morgan fingerprint density at radius 2 is 1.91 bits per heavy atom. The lowest BCUT2D eigenvalue weighted by molar-refractivity contribution is 0.156. The molecule has 1 saturated heterocycles. The fourth-order valence-electron chi connectivity index (χ4n) is 2.94. The van der Waals surface area contributed by atoms with Crippen LogP contribution in [0.4, 0.5) is 8.78 Å². The third-order valence-corrected chi connectivity index (χ3v) is 4.70. The van der Waals surface area contributed by atoms with E-state index in [1.807, 2.05) is 0 Å². The third-order valence-electron chi connectivity index (χ3n) is 4.09. The third kappa shape index (κ3) is 4.88. The van der Waals surface area contributed by atoms with Crippen LogP contribution in [-0.4, -0.2) is 31.1 Å². The van der Waals surface area contributed by atoms with Crippen molar-refractivity contribution in [2.24, 2.45) is 0 Å². The first-order valence-electron chi connectivity index (χ1n) is 7.73. The first-order valence-corrected chi connectivity index (χ1v) is 8.52. The Hall–Kier alpha value is -0.230. The number of hydrogen-bond acceptors (Lipinski definition) is 2. The van der Waals surface area contributed by atoms with Crippen LogP contribution < -0.4 is 5.32 Å². The number of piperazine rings is 1. The number of halogens is 4. The van der Waals surface area contributed by atoms with Gasteiger partial charge >= 0.3 is 0 Å². The fourth-order valence-corrected chi connectivity index (χ4v) is 3.28. The van der Waals surface area contributed by atoms with Crippen LogP contribution in [0.15, 0.2) is 16.6 Å². The highest BCUT2D eigenvalue weighted by Gasteiger charge is 2.28. The van der Waals surface area contributed by atoms with Crippen molar-refractivity contribution < 1.29 is 8.78 Å². The second-order valence-electron chi connectivity index (χ2n) is 5.55. The minimum atomic E-state index is -0.449. The molecule has 1 N–H and O–H groups in total. The molecular weight excluding hydrogens is 374 g/mol. The summed E-state index contributed by atoms with van der Waals surface area (Å²) >= 11 is 3.18. The Bertz CT molecular complexity index is 468. The summed E-state index contributed by atoms with van der Waals surface area (Å²) in [5.74, 6) is -0.884. The van der Waals surface area contributed by atoms with E-state index in [-0.39, 0.29) is 24.0 Å². The van der Waals surface area contributed by atoms with Gasteiger partial charge in [0.2, 0.25) is 0 Å². The van der Waals surface area contributed by atoms with E-state index in [1.54, 1.807) is 0 Å². The van der Waals surface area contributed by atoms with Crippen molar-refractivity contribution in [3.8, 4) is 0 Å². The van der Waals surface area contributed by atoms with Crippen molar-refractivity contribution in [3.05, 3.63) is 33.8 Å². The maximum Gasteiger partial charge on any atom is 0.145 e. The van der Waals surface area contributed by atoms with E-state index in [1.165, 1.54) is 12.1 Å². The van der Waals surface area contributed by atoms with Gasteiger partial charge in [-0.05, 0) is 34.5 Å². The van der Waals surface area contributed by atoms with Crippen LogP contribution in [0.1, 0.15) is 44.2 Å². The van der Waals surface area contributed by atoms with E-state index in [4.69, 9.17) is 0 Å². The highest BCUT2D eigenvalue weighted by atomic mass is 79.9. The monoisotopic (exact) mass is 396 g/mol. The van der Waals surface area contributed by atoms with E-state index < -0.39 is 11.6 Å². The second-order valence-corrected chi connectivity index (χ2v) is 6.41. The molecule has 0 radical (unpaired) electrons. The van der Waals surface area contributed by atoms with Crippen molar-refractivity contribution >= 4 is 28.3 Å². The SMILES string of the molecule is CCCCC[C@@H](c1c(F)ccc(Br)c1F)N1CCNCC1.Cl. The lowest BCUT2D eigenvalue weighted by Crippen LogP contribution is -2.45. The molecule has 1 aromatic carbocycles. The Morgan fingerprint density at radius 3 is 2.55 bits per heavy atom. The number of rotatable bonds is 6. The predicted octanol–water partition coefficient (Wildman–Crippen LogP) is 4.68. The van der Waals surface area contributed by atoms with E-state index in [9.17, 15) is 8.78 Å². The summed E-state index contributed by atoms with van der Waals surface area (Å²) in [6.07, 6.45) is 4.01. The van der Waals surface area contributed by atoms with E-state index >= 15 is 0 Å². The summed E-state index contributed by atoms with van der Waals surface area (Å²) < 4.78 is 29.0. The first-order chi connectivity index (χ1) is 10.1. The molecule has 1 aliphatic rings. The number of benzene rings is 1. The molecule has 0 saturated carbocycles. The largest absolute Gasteiger partial charge is 0.314 e. The van der Waals surface area contributed by atoms with Crippen LogP contribution in [0, 0.1) is 11.6 Å². The molecule has 1 atom stereocenters. The topological polar surface area (TPSA) is 15.3 Å². The fraction of sp³-hybridized carbons (Fsp3) is 0.625. The maximum atomic E-state index is 14.4. The molecule has 1 aliphatic heterocycles. The molecule has 0 aliphatic carbocycles. The maximum absolute atomic E-state index is 14.4. The molecule has 126 valence electrons. The normalized spacial score (nSPS) is 17.1. The molecule has 6 heteroatoms. The molecular formula is C16H24BrClF2N2. The quantitative estimate of drug-likeness (QED) is 0.554. The summed E-state index contributed by atoms with van der Waals surface area (Å²) in [4.78, 5) is 2.21. The Morgan fingerprint density at radius 1 is 1.23 bits per heavy atom. The number of nitrogens with one attached hydrogen (secondary N) is 1. The van der Waals surface area contributed by atoms with Crippen LogP contribution >= 0.6 is 28.3 Å². The summed E-state index contributed by atoms with van der Waals surface area (Å²) in [6, 6.07) is 2.63. The van der Waals surface area contributed by atoms with Gasteiger partial charge < -0.3 is 5.32 Å². The van der Waals surface area contributed by atoms with E-state index in [2.05, 4.69) is 33.1 Å². The van der Waals surface area contributed by atoms with Gasteiger partial charge in [0.1, 0.15) is 11.6 Å². The summed E-state index contributed by atoms with van der Waals surface area (Å²) in [6.45, 7) is 5.56. The molecule has 2 rings (SSSR count). The van der Waals surface area contributed by atoms with Gasteiger partial charge in [0.25, 0.3) is 0 Å². The predicted molar refractivity (Wildman–Crippen MR) is 92.6 cm³/mol. The standard InChI is InChI=1S/C16H23BrF2N2.ClH/c1-2-3-4-5-14(21-10-8-20-9-11-21)15-13(18)7-6-12(17)16(15)19;/h6-7,14,20H,2-5,8-11H2,1H3;1H/t14-;/m0./s1. The van der Waals surface area contributed by atoms with Crippen LogP contribution in [0.3, 0.4) is 0 Å². The minimum Gasteiger partial charge on any atom is -0.314 e. The van der Waals surface area contributed by atoms with Gasteiger partial charge in [-0.25, -0.2) is 8.78 Å². The van der Waals surface area contributed by atoms with Gasteiger partial charge in [-0.1, -0.05) is 26.2 Å². The van der Waals surface area contributed by atoms with Crippen LogP contribution in [-0.2, 0) is 0 Å². The number of hydrogen-bond donors (Lipinski definition) is 1. The molecule has 1 fully saturated rings.